The van der Waals surface area contributed by atoms with Crippen molar-refractivity contribution in [1.82, 2.24) is 10.3 Å². The molecular weight excluding hydrogens is 256 g/mol. The highest BCUT2D eigenvalue weighted by atomic mass is 32.1. The van der Waals surface area contributed by atoms with Crippen molar-refractivity contribution in [1.29, 1.82) is 0 Å². The maximum atomic E-state index is 5.51. The van der Waals surface area contributed by atoms with Crippen molar-refractivity contribution < 1.29 is 4.74 Å². The molecule has 0 aromatic carbocycles. The first-order chi connectivity index (χ1) is 9.01. The Kier molecular flexibility index (Phi) is 6.43. The fraction of sp³-hybridized carbons (Fsp3) is 0.800. The monoisotopic (exact) mass is 284 g/mol. The second kappa shape index (κ2) is 7.36. The Balaban J connectivity index is 3.18. The molecule has 0 saturated carbocycles. The van der Waals surface area contributed by atoms with Gasteiger partial charge in [-0.05, 0) is 32.2 Å². The lowest BCUT2D eigenvalue weighted by atomic mass is 9.87. The highest BCUT2D eigenvalue weighted by molar-refractivity contribution is 7.11. The zero-order valence-electron chi connectivity index (χ0n) is 13.2. The highest BCUT2D eigenvalue weighted by Gasteiger charge is 2.38. The molecule has 0 radical (unpaired) electrons. The Morgan fingerprint density at radius 3 is 2.47 bits per heavy atom. The summed E-state index contributed by atoms with van der Waals surface area (Å²) in [5.41, 5.74) is 1.06. The van der Waals surface area contributed by atoms with Crippen LogP contribution in [0.5, 0.6) is 0 Å². The van der Waals surface area contributed by atoms with Crippen LogP contribution < -0.4 is 5.32 Å². The van der Waals surface area contributed by atoms with Gasteiger partial charge in [-0.25, -0.2) is 4.98 Å². The van der Waals surface area contributed by atoms with Crippen LogP contribution in [0.25, 0.3) is 0 Å². The van der Waals surface area contributed by atoms with Crippen LogP contribution in [0.2, 0.25) is 0 Å². The smallest absolute Gasteiger partial charge is 0.116 e. The van der Waals surface area contributed by atoms with Gasteiger partial charge in [0.05, 0.1) is 17.8 Å². The average molecular weight is 284 g/mol. The second-order valence-electron chi connectivity index (χ2n) is 5.36. The number of hydrogen-bond acceptors (Lipinski definition) is 4. The number of thiazole rings is 1. The van der Waals surface area contributed by atoms with Crippen molar-refractivity contribution in [2.24, 2.45) is 5.92 Å². The minimum absolute atomic E-state index is 0.159. The average Bonchev–Trinajstić information content (AvgIpc) is 2.75. The van der Waals surface area contributed by atoms with E-state index in [0.717, 1.165) is 19.4 Å². The Morgan fingerprint density at radius 1 is 1.37 bits per heavy atom. The quantitative estimate of drug-likeness (QED) is 0.793. The van der Waals surface area contributed by atoms with E-state index in [-0.39, 0.29) is 5.54 Å². The number of ether oxygens (including phenoxy) is 1. The van der Waals surface area contributed by atoms with Crippen molar-refractivity contribution in [2.45, 2.75) is 53.0 Å². The number of hydrogen-bond donors (Lipinski definition) is 1. The zero-order valence-corrected chi connectivity index (χ0v) is 14.0. The van der Waals surface area contributed by atoms with Gasteiger partial charge in [-0.3, -0.25) is 0 Å². The minimum atomic E-state index is -0.159. The maximum absolute atomic E-state index is 5.51. The van der Waals surface area contributed by atoms with Crippen LogP contribution >= 0.6 is 11.3 Å². The standard InChI is InChI=1S/C15H28N2OS/c1-7-9-16-15(10-18-6,11(3)4)14-17-13(8-2)12(5)19-14/h11,16H,7-10H2,1-6H3. The topological polar surface area (TPSA) is 34.1 Å². The number of nitrogens with one attached hydrogen (secondary N) is 1. The van der Waals surface area contributed by atoms with E-state index in [0.29, 0.717) is 12.5 Å². The summed E-state index contributed by atoms with van der Waals surface area (Å²) in [5.74, 6) is 0.439. The third-order valence-corrected chi connectivity index (χ3v) is 4.85. The van der Waals surface area contributed by atoms with E-state index < -0.39 is 0 Å². The summed E-state index contributed by atoms with van der Waals surface area (Å²) in [4.78, 5) is 6.20. The summed E-state index contributed by atoms with van der Waals surface area (Å²) in [6.07, 6.45) is 2.11. The molecule has 1 rings (SSSR count). The molecule has 1 N–H and O–H groups in total. The molecule has 1 atom stereocenters. The molecule has 4 heteroatoms. The predicted octanol–water partition coefficient (Wildman–Crippen LogP) is 3.51. The van der Waals surface area contributed by atoms with Crippen LogP contribution in [0.3, 0.4) is 0 Å². The summed E-state index contributed by atoms with van der Waals surface area (Å²) in [6.45, 7) is 12.7. The van der Waals surface area contributed by atoms with Crippen molar-refractivity contribution in [3.63, 3.8) is 0 Å². The van der Waals surface area contributed by atoms with Gasteiger partial charge in [0.2, 0.25) is 0 Å². The molecule has 0 saturated heterocycles. The van der Waals surface area contributed by atoms with Crippen molar-refractivity contribution >= 4 is 11.3 Å². The molecule has 0 bridgehead atoms. The molecule has 0 spiro atoms. The third kappa shape index (κ3) is 3.56. The number of methoxy groups -OCH3 is 1. The molecule has 0 aliphatic carbocycles. The molecule has 0 aliphatic heterocycles. The summed E-state index contributed by atoms with van der Waals surface area (Å²) in [6, 6.07) is 0. The predicted molar refractivity (Wildman–Crippen MR) is 82.9 cm³/mol. The van der Waals surface area contributed by atoms with Gasteiger partial charge in [0.1, 0.15) is 5.01 Å². The van der Waals surface area contributed by atoms with E-state index in [4.69, 9.17) is 9.72 Å². The minimum Gasteiger partial charge on any atom is -0.382 e. The second-order valence-corrected chi connectivity index (χ2v) is 6.56. The molecule has 19 heavy (non-hydrogen) atoms. The molecule has 0 fully saturated rings. The van der Waals surface area contributed by atoms with Gasteiger partial charge in [-0.15, -0.1) is 11.3 Å². The first kappa shape index (κ1) is 16.6. The Hall–Kier alpha value is -0.450. The molecule has 1 aromatic rings. The normalized spacial score (nSPS) is 14.9. The summed E-state index contributed by atoms with van der Waals surface area (Å²) in [7, 11) is 1.77. The number of rotatable bonds is 8. The van der Waals surface area contributed by atoms with Gasteiger partial charge in [0.25, 0.3) is 0 Å². The van der Waals surface area contributed by atoms with E-state index in [1.807, 2.05) is 11.3 Å². The van der Waals surface area contributed by atoms with Gasteiger partial charge in [-0.2, -0.15) is 0 Å². The summed E-state index contributed by atoms with van der Waals surface area (Å²) < 4.78 is 5.51. The number of nitrogens with zero attached hydrogens (tertiary/aromatic N) is 1. The number of aromatic nitrogens is 1. The van der Waals surface area contributed by atoms with Crippen LogP contribution in [-0.4, -0.2) is 25.2 Å². The number of aryl methyl sites for hydroxylation is 2. The van der Waals surface area contributed by atoms with Crippen LogP contribution in [-0.2, 0) is 16.7 Å². The van der Waals surface area contributed by atoms with E-state index in [9.17, 15) is 0 Å². The van der Waals surface area contributed by atoms with Gasteiger partial charge in [0.15, 0.2) is 0 Å². The zero-order chi connectivity index (χ0) is 14.5. The van der Waals surface area contributed by atoms with Crippen molar-refractivity contribution in [3.05, 3.63) is 15.6 Å². The van der Waals surface area contributed by atoms with Gasteiger partial charge < -0.3 is 10.1 Å². The molecule has 0 amide bonds. The molecule has 110 valence electrons. The molecule has 1 heterocycles. The SMILES string of the molecule is CCCNC(COC)(c1nc(CC)c(C)s1)C(C)C. The van der Waals surface area contributed by atoms with Gasteiger partial charge in [0, 0.05) is 12.0 Å². The highest BCUT2D eigenvalue weighted by Crippen LogP contribution is 2.34. The van der Waals surface area contributed by atoms with E-state index in [1.54, 1.807) is 7.11 Å². The molecule has 3 nitrogen and oxygen atoms in total. The fourth-order valence-electron chi connectivity index (χ4n) is 2.33. The van der Waals surface area contributed by atoms with Crippen LogP contribution in [0.15, 0.2) is 0 Å². The lowest BCUT2D eigenvalue weighted by molar-refractivity contribution is 0.0761. The van der Waals surface area contributed by atoms with E-state index in [2.05, 4.69) is 39.9 Å². The van der Waals surface area contributed by atoms with Crippen LogP contribution in [0.4, 0.5) is 0 Å². The van der Waals surface area contributed by atoms with E-state index >= 15 is 0 Å². The van der Waals surface area contributed by atoms with Crippen LogP contribution in [0.1, 0.15) is 49.7 Å². The molecular formula is C15H28N2OS. The fourth-order valence-corrected chi connectivity index (χ4v) is 3.63. The molecule has 1 unspecified atom stereocenters. The summed E-state index contributed by atoms with van der Waals surface area (Å²) >= 11 is 1.81. The first-order valence-corrected chi connectivity index (χ1v) is 8.04. The summed E-state index contributed by atoms with van der Waals surface area (Å²) in [5, 5.41) is 4.86. The lowest BCUT2D eigenvalue weighted by Gasteiger charge is -2.36. The first-order valence-electron chi connectivity index (χ1n) is 7.22. The molecule has 0 aliphatic rings. The Labute approximate surface area is 121 Å². The maximum Gasteiger partial charge on any atom is 0.116 e. The lowest BCUT2D eigenvalue weighted by Crippen LogP contribution is -2.50. The Bertz CT molecular complexity index is 389. The van der Waals surface area contributed by atoms with Crippen molar-refractivity contribution in [3.8, 4) is 0 Å². The Morgan fingerprint density at radius 2 is 2.05 bits per heavy atom. The van der Waals surface area contributed by atoms with Crippen molar-refractivity contribution in [2.75, 3.05) is 20.3 Å². The molecule has 1 aromatic heterocycles. The largest absolute Gasteiger partial charge is 0.382 e. The van der Waals surface area contributed by atoms with E-state index in [1.165, 1.54) is 15.6 Å². The third-order valence-electron chi connectivity index (χ3n) is 3.66. The van der Waals surface area contributed by atoms with Gasteiger partial charge >= 0.3 is 0 Å². The van der Waals surface area contributed by atoms with Crippen LogP contribution in [0, 0.1) is 12.8 Å². The van der Waals surface area contributed by atoms with Gasteiger partial charge in [-0.1, -0.05) is 27.7 Å².